The largest absolute Gasteiger partial charge is 0.454 e. The fourth-order valence-corrected chi connectivity index (χ4v) is 3.95. The van der Waals surface area contributed by atoms with Gasteiger partial charge in [0.2, 0.25) is 0 Å². The maximum absolute atomic E-state index is 6.43. The minimum atomic E-state index is 0.401. The lowest BCUT2D eigenvalue weighted by Crippen LogP contribution is -2.08. The number of benzene rings is 3. The Morgan fingerprint density at radius 3 is 2.45 bits per heavy atom. The van der Waals surface area contributed by atoms with Crippen molar-refractivity contribution in [2.45, 2.75) is 0 Å². The molecule has 0 fully saturated rings. The van der Waals surface area contributed by atoms with Gasteiger partial charge in [0, 0.05) is 32.4 Å². The minimum absolute atomic E-state index is 0.401. The number of halogens is 3. The maximum Gasteiger partial charge on any atom is 0.155 e. The molecule has 0 saturated heterocycles. The van der Waals surface area contributed by atoms with Crippen molar-refractivity contribution in [2.24, 2.45) is 5.10 Å². The van der Waals surface area contributed by atoms with Gasteiger partial charge in [-0.3, -0.25) is 5.43 Å². The van der Waals surface area contributed by atoms with Crippen molar-refractivity contribution < 1.29 is 4.42 Å². The third-order valence-corrected chi connectivity index (χ3v) is 5.53. The van der Waals surface area contributed by atoms with E-state index in [0.717, 1.165) is 16.5 Å². The highest BCUT2D eigenvalue weighted by atomic mass is 35.5. The van der Waals surface area contributed by atoms with E-state index in [4.69, 9.17) is 39.2 Å². The number of aromatic nitrogens is 1. The lowest BCUT2D eigenvalue weighted by Gasteiger charge is -2.08. The molecular formula is C24H14Cl3N3O. The van der Waals surface area contributed by atoms with Crippen LogP contribution in [0.5, 0.6) is 0 Å². The molecule has 0 aliphatic rings. The van der Waals surface area contributed by atoms with Gasteiger partial charge in [0.1, 0.15) is 11.6 Å². The van der Waals surface area contributed by atoms with Crippen LogP contribution < -0.4 is 10.8 Å². The number of hydrogen-bond donors (Lipinski definition) is 1. The molecule has 31 heavy (non-hydrogen) atoms. The Morgan fingerprint density at radius 2 is 1.61 bits per heavy atom. The monoisotopic (exact) mass is 465 g/mol. The van der Waals surface area contributed by atoms with Crippen LogP contribution in [-0.4, -0.2) is 4.98 Å². The first-order valence-electron chi connectivity index (χ1n) is 9.41. The molecule has 0 aliphatic heterocycles. The second-order valence-electron chi connectivity index (χ2n) is 6.88. The van der Waals surface area contributed by atoms with Crippen LogP contribution in [0.25, 0.3) is 33.2 Å². The second kappa shape index (κ2) is 8.23. The van der Waals surface area contributed by atoms with E-state index in [1.54, 1.807) is 24.3 Å². The predicted octanol–water partition coefficient (Wildman–Crippen LogP) is 7.54. The smallest absolute Gasteiger partial charge is 0.155 e. The fourth-order valence-electron chi connectivity index (χ4n) is 3.29. The third kappa shape index (κ3) is 4.10. The first kappa shape index (κ1) is 19.9. The molecule has 0 spiro atoms. The zero-order valence-electron chi connectivity index (χ0n) is 15.9. The first-order valence-corrected chi connectivity index (χ1v) is 10.5. The molecule has 0 aliphatic carbocycles. The maximum atomic E-state index is 6.43. The van der Waals surface area contributed by atoms with Crippen molar-refractivity contribution in [1.29, 1.82) is 0 Å². The van der Waals surface area contributed by atoms with Crippen molar-refractivity contribution >= 4 is 62.5 Å². The Hall–Kier alpha value is -3.05. The van der Waals surface area contributed by atoms with Crippen LogP contribution in [0.1, 0.15) is 0 Å². The summed E-state index contributed by atoms with van der Waals surface area (Å²) in [4.78, 5) is 4.60. The lowest BCUT2D eigenvalue weighted by molar-refractivity contribution is 0.618. The second-order valence-corrected chi connectivity index (χ2v) is 8.16. The molecule has 0 amide bonds. The van der Waals surface area contributed by atoms with Crippen molar-refractivity contribution in [3.63, 3.8) is 0 Å². The van der Waals surface area contributed by atoms with Crippen molar-refractivity contribution in [3.8, 4) is 11.3 Å². The summed E-state index contributed by atoms with van der Waals surface area (Å²) in [5.41, 5.74) is 5.25. The normalized spacial score (nSPS) is 11.9. The summed E-state index contributed by atoms with van der Waals surface area (Å²) >= 11 is 18.7. The van der Waals surface area contributed by atoms with Crippen molar-refractivity contribution in [2.75, 3.05) is 5.43 Å². The van der Waals surface area contributed by atoms with Crippen molar-refractivity contribution in [1.82, 2.24) is 4.98 Å². The van der Waals surface area contributed by atoms with E-state index < -0.39 is 0 Å². The van der Waals surface area contributed by atoms with Gasteiger partial charge in [0.25, 0.3) is 0 Å². The van der Waals surface area contributed by atoms with Gasteiger partial charge >= 0.3 is 0 Å². The Labute approximate surface area is 192 Å². The molecule has 3 aromatic carbocycles. The van der Waals surface area contributed by atoms with Gasteiger partial charge in [-0.2, -0.15) is 5.10 Å². The number of nitrogens with zero attached hydrogens (tertiary/aromatic N) is 2. The van der Waals surface area contributed by atoms with Gasteiger partial charge in [-0.15, -0.1) is 0 Å². The van der Waals surface area contributed by atoms with E-state index >= 15 is 0 Å². The highest BCUT2D eigenvalue weighted by Crippen LogP contribution is 2.30. The molecule has 5 aromatic rings. The number of pyridine rings is 1. The summed E-state index contributed by atoms with van der Waals surface area (Å²) in [6.07, 6.45) is 0. The molecule has 2 heterocycles. The van der Waals surface area contributed by atoms with E-state index in [2.05, 4.69) is 15.5 Å². The van der Waals surface area contributed by atoms with Crippen LogP contribution in [0.15, 0.2) is 88.4 Å². The predicted molar refractivity (Wildman–Crippen MR) is 128 cm³/mol. The van der Waals surface area contributed by atoms with E-state index in [-0.39, 0.29) is 0 Å². The summed E-state index contributed by atoms with van der Waals surface area (Å²) < 4.78 is 6.09. The Balaban J connectivity index is 1.66. The quantitative estimate of drug-likeness (QED) is 0.279. The third-order valence-electron chi connectivity index (χ3n) is 4.78. The van der Waals surface area contributed by atoms with Crippen LogP contribution in [0.2, 0.25) is 15.1 Å². The molecule has 4 nitrogen and oxygen atoms in total. The molecule has 0 unspecified atom stereocenters. The molecular weight excluding hydrogens is 453 g/mol. The molecule has 2 aromatic heterocycles. The molecule has 0 bridgehead atoms. The molecule has 152 valence electrons. The number of para-hydroxylation sites is 1. The Bertz CT molecular complexity index is 1490. The highest BCUT2D eigenvalue weighted by Gasteiger charge is 2.11. The fraction of sp³-hybridized carbons (Fsp3) is 0. The van der Waals surface area contributed by atoms with Crippen molar-refractivity contribution in [3.05, 3.63) is 99.3 Å². The van der Waals surface area contributed by atoms with Gasteiger partial charge in [-0.1, -0.05) is 53.0 Å². The minimum Gasteiger partial charge on any atom is -0.454 e. The number of nitrogens with one attached hydrogen (secondary N) is 1. The van der Waals surface area contributed by atoms with Gasteiger partial charge in [-0.05, 0) is 54.6 Å². The molecule has 7 heteroatoms. The van der Waals surface area contributed by atoms with Crippen LogP contribution in [0, 0.1) is 0 Å². The number of rotatable bonds is 3. The Kier molecular flexibility index (Phi) is 5.28. The summed E-state index contributed by atoms with van der Waals surface area (Å²) in [6, 6.07) is 24.3. The first-order chi connectivity index (χ1) is 15.1. The van der Waals surface area contributed by atoms with Gasteiger partial charge in [0.05, 0.1) is 15.9 Å². The zero-order valence-corrected chi connectivity index (χ0v) is 18.2. The van der Waals surface area contributed by atoms with E-state index in [1.165, 1.54) is 0 Å². The average Bonchev–Trinajstić information content (AvgIpc) is 2.78. The van der Waals surface area contributed by atoms with E-state index in [9.17, 15) is 0 Å². The van der Waals surface area contributed by atoms with E-state index in [0.29, 0.717) is 43.0 Å². The van der Waals surface area contributed by atoms with Gasteiger partial charge in [0.15, 0.2) is 5.58 Å². The summed E-state index contributed by atoms with van der Waals surface area (Å²) in [5.74, 6) is 1.22. The highest BCUT2D eigenvalue weighted by molar-refractivity contribution is 6.38. The standard InChI is InChI=1S/C24H14Cl3N3O/c25-16-8-5-15(6-9-16)22-13-21(18-11-17(26)12-19(27)24(18)31-22)29-30-23-10-7-14-3-1-2-4-20(14)28-23/h1-13H,(H,28,30). The number of anilines is 1. The molecule has 1 N–H and O–H groups in total. The van der Waals surface area contributed by atoms with Crippen LogP contribution >= 0.6 is 34.8 Å². The lowest BCUT2D eigenvalue weighted by atomic mass is 10.1. The topological polar surface area (TPSA) is 50.4 Å². The molecule has 0 radical (unpaired) electrons. The SMILES string of the molecule is Clc1ccc(-c2cc(=NNc3ccc4ccccc4n3)c3cc(Cl)cc(Cl)c3o2)cc1. The summed E-state index contributed by atoms with van der Waals surface area (Å²) in [6.45, 7) is 0. The average molecular weight is 467 g/mol. The summed E-state index contributed by atoms with van der Waals surface area (Å²) in [5, 5.41) is 8.47. The van der Waals surface area contributed by atoms with E-state index in [1.807, 2.05) is 54.6 Å². The molecule has 5 rings (SSSR count). The molecule has 0 atom stereocenters. The Morgan fingerprint density at radius 1 is 0.806 bits per heavy atom. The van der Waals surface area contributed by atoms with Gasteiger partial charge < -0.3 is 4.42 Å². The van der Waals surface area contributed by atoms with Crippen LogP contribution in [-0.2, 0) is 0 Å². The van der Waals surface area contributed by atoms with Crippen LogP contribution in [0.4, 0.5) is 5.82 Å². The summed E-state index contributed by atoms with van der Waals surface area (Å²) in [7, 11) is 0. The van der Waals surface area contributed by atoms with Crippen LogP contribution in [0.3, 0.4) is 0 Å². The molecule has 0 saturated carbocycles. The van der Waals surface area contributed by atoms with Gasteiger partial charge in [-0.25, -0.2) is 4.98 Å². The number of fused-ring (bicyclic) bond motifs is 2. The zero-order chi connectivity index (χ0) is 21.4. The number of hydrogen-bond acceptors (Lipinski definition) is 4.